The van der Waals surface area contributed by atoms with Crippen molar-refractivity contribution in [3.8, 4) is 0 Å². The first kappa shape index (κ1) is 9.19. The Bertz CT molecular complexity index is 239. The highest BCUT2D eigenvalue weighted by Gasteiger charge is 2.34. The molecule has 4 nitrogen and oxygen atoms in total. The highest BCUT2D eigenvalue weighted by Crippen LogP contribution is 2.20. The molecule has 0 aromatic heterocycles. The molecule has 1 N–H and O–H groups in total. The summed E-state index contributed by atoms with van der Waals surface area (Å²) in [5.41, 5.74) is 0. The molecule has 0 bridgehead atoms. The van der Waals surface area contributed by atoms with Gasteiger partial charge in [0.2, 0.25) is 5.91 Å². The number of halogens is 1. The van der Waals surface area contributed by atoms with Crippen molar-refractivity contribution in [2.45, 2.75) is 12.6 Å². The Morgan fingerprint density at radius 1 is 1.83 bits per heavy atom. The van der Waals surface area contributed by atoms with E-state index in [0.29, 0.717) is 11.6 Å². The molecular formula is C7H10ClN3O. The highest BCUT2D eigenvalue weighted by molar-refractivity contribution is 6.66. The van der Waals surface area contributed by atoms with Crippen molar-refractivity contribution in [2.75, 3.05) is 7.05 Å². The fraction of sp³-hybridized carbons (Fsp3) is 0.571. The van der Waals surface area contributed by atoms with Crippen LogP contribution >= 0.6 is 11.6 Å². The fourth-order valence-electron chi connectivity index (χ4n) is 1.19. The van der Waals surface area contributed by atoms with Crippen molar-refractivity contribution in [2.24, 2.45) is 15.9 Å². The Morgan fingerprint density at radius 2 is 2.50 bits per heavy atom. The summed E-state index contributed by atoms with van der Waals surface area (Å²) in [7, 11) is 1.59. The van der Waals surface area contributed by atoms with E-state index in [9.17, 15) is 4.79 Å². The molecule has 1 amide bonds. The van der Waals surface area contributed by atoms with Crippen molar-refractivity contribution in [3.63, 3.8) is 0 Å². The maximum atomic E-state index is 10.9. The third-order valence-electron chi connectivity index (χ3n) is 1.81. The quantitative estimate of drug-likeness (QED) is 0.626. The summed E-state index contributed by atoms with van der Waals surface area (Å²) < 4.78 is 0. The molecule has 2 atom stereocenters. The summed E-state index contributed by atoms with van der Waals surface area (Å²) in [6.45, 7) is 3.37. The molecule has 12 heavy (non-hydrogen) atoms. The van der Waals surface area contributed by atoms with Gasteiger partial charge in [0.1, 0.15) is 11.3 Å². The van der Waals surface area contributed by atoms with Gasteiger partial charge in [0.25, 0.3) is 0 Å². The average Bonchev–Trinajstić information content (AvgIpc) is 2.45. The van der Waals surface area contributed by atoms with Gasteiger partial charge >= 0.3 is 0 Å². The minimum atomic E-state index is -0.311. The van der Waals surface area contributed by atoms with E-state index in [0.717, 1.165) is 0 Å². The minimum absolute atomic E-state index is 0.0563. The zero-order valence-electron chi connectivity index (χ0n) is 6.75. The van der Waals surface area contributed by atoms with Crippen LogP contribution in [0.4, 0.5) is 0 Å². The Labute approximate surface area is 75.7 Å². The normalized spacial score (nSPS) is 30.2. The van der Waals surface area contributed by atoms with E-state index in [1.54, 1.807) is 7.05 Å². The van der Waals surface area contributed by atoms with Gasteiger partial charge in [-0.1, -0.05) is 11.6 Å². The van der Waals surface area contributed by atoms with Gasteiger partial charge in [-0.15, -0.1) is 0 Å². The number of nitrogens with zero attached hydrogens (tertiary/aromatic N) is 2. The highest BCUT2D eigenvalue weighted by atomic mass is 35.5. The zero-order chi connectivity index (χ0) is 9.14. The van der Waals surface area contributed by atoms with Crippen LogP contribution in [0.1, 0.15) is 6.42 Å². The van der Waals surface area contributed by atoms with Crippen LogP contribution < -0.4 is 5.32 Å². The number of rotatable bonds is 2. The number of hydrogen-bond donors (Lipinski definition) is 1. The molecule has 0 aromatic rings. The Balaban J connectivity index is 2.76. The van der Waals surface area contributed by atoms with Crippen LogP contribution in [0.15, 0.2) is 9.98 Å². The van der Waals surface area contributed by atoms with E-state index in [4.69, 9.17) is 11.6 Å². The fourth-order valence-corrected chi connectivity index (χ4v) is 1.39. The second-order valence-electron chi connectivity index (χ2n) is 2.55. The third-order valence-corrected chi connectivity index (χ3v) is 2.26. The lowest BCUT2D eigenvalue weighted by Crippen LogP contribution is -2.28. The lowest BCUT2D eigenvalue weighted by Gasteiger charge is -2.11. The number of carbonyl (C=O) groups is 1. The standard InChI is InChI=1S/C7H10ClN3O/c1-9-6(8)4-3-5(12)11-7(4)10-2/h4,7H,2-3H2,1H3,(H,11,12). The molecule has 1 saturated heterocycles. The number of nitrogens with one attached hydrogen (secondary N) is 1. The molecule has 66 valence electrons. The van der Waals surface area contributed by atoms with Crippen molar-refractivity contribution >= 4 is 29.4 Å². The van der Waals surface area contributed by atoms with E-state index < -0.39 is 0 Å². The lowest BCUT2D eigenvalue weighted by molar-refractivity contribution is -0.119. The van der Waals surface area contributed by atoms with E-state index >= 15 is 0 Å². The molecular weight excluding hydrogens is 178 g/mol. The first-order valence-corrected chi connectivity index (χ1v) is 3.94. The summed E-state index contributed by atoms with van der Waals surface area (Å²) in [4.78, 5) is 18.5. The molecule has 5 heteroatoms. The Hall–Kier alpha value is -0.900. The molecule has 1 rings (SSSR count). The summed E-state index contributed by atoms with van der Waals surface area (Å²) in [5, 5.41) is 3.06. The van der Waals surface area contributed by atoms with Crippen molar-refractivity contribution in [1.82, 2.24) is 5.32 Å². The second kappa shape index (κ2) is 3.67. The molecule has 0 spiro atoms. The van der Waals surface area contributed by atoms with Gasteiger partial charge in [0.05, 0.1) is 5.92 Å². The van der Waals surface area contributed by atoms with Crippen molar-refractivity contribution in [3.05, 3.63) is 0 Å². The molecule has 0 aromatic carbocycles. The zero-order valence-corrected chi connectivity index (χ0v) is 7.51. The van der Waals surface area contributed by atoms with Gasteiger partial charge in [-0.25, -0.2) is 0 Å². The van der Waals surface area contributed by atoms with Crippen LogP contribution in [0.5, 0.6) is 0 Å². The molecule has 1 fully saturated rings. The van der Waals surface area contributed by atoms with E-state index in [-0.39, 0.29) is 18.0 Å². The lowest BCUT2D eigenvalue weighted by atomic mass is 10.1. The second-order valence-corrected chi connectivity index (χ2v) is 2.94. The van der Waals surface area contributed by atoms with Crippen molar-refractivity contribution < 1.29 is 4.79 Å². The van der Waals surface area contributed by atoms with Gasteiger partial charge in [-0.05, 0) is 6.72 Å². The predicted octanol–water partition coefficient (Wildman–Crippen LogP) is 0.416. The first-order chi connectivity index (χ1) is 5.69. The molecule has 2 unspecified atom stereocenters. The number of aliphatic imine (C=N–C) groups is 2. The van der Waals surface area contributed by atoms with E-state index in [1.807, 2.05) is 0 Å². The van der Waals surface area contributed by atoms with E-state index in [1.165, 1.54) is 0 Å². The maximum Gasteiger partial charge on any atom is 0.222 e. The molecule has 1 heterocycles. The van der Waals surface area contributed by atoms with Gasteiger partial charge in [-0.2, -0.15) is 0 Å². The summed E-state index contributed by atoms with van der Waals surface area (Å²) in [6, 6.07) is 0. The molecule has 0 saturated carbocycles. The third kappa shape index (κ3) is 1.64. The van der Waals surface area contributed by atoms with Crippen LogP contribution in [0.3, 0.4) is 0 Å². The molecule has 1 aliphatic heterocycles. The van der Waals surface area contributed by atoms with Crippen LogP contribution in [0, 0.1) is 5.92 Å². The number of hydrogen-bond acceptors (Lipinski definition) is 3. The van der Waals surface area contributed by atoms with Gasteiger partial charge in [0.15, 0.2) is 0 Å². The van der Waals surface area contributed by atoms with Gasteiger partial charge in [0, 0.05) is 13.5 Å². The summed E-state index contributed by atoms with van der Waals surface area (Å²) in [5.74, 6) is -0.194. The van der Waals surface area contributed by atoms with Crippen LogP contribution in [-0.4, -0.2) is 31.0 Å². The molecule has 1 aliphatic rings. The van der Waals surface area contributed by atoms with Crippen LogP contribution in [0.2, 0.25) is 0 Å². The number of amides is 1. The van der Waals surface area contributed by atoms with Gasteiger partial charge < -0.3 is 5.32 Å². The summed E-state index contributed by atoms with van der Waals surface area (Å²) in [6.07, 6.45) is 0.0357. The number of carbonyl (C=O) groups excluding carboxylic acids is 1. The topological polar surface area (TPSA) is 53.8 Å². The van der Waals surface area contributed by atoms with Crippen molar-refractivity contribution in [1.29, 1.82) is 0 Å². The SMILES string of the molecule is C=NC1NC(=O)CC1C(Cl)=NC. The largest absolute Gasteiger partial charge is 0.334 e. The Kier molecular flexibility index (Phi) is 2.81. The predicted molar refractivity (Wildman–Crippen MR) is 48.8 cm³/mol. The van der Waals surface area contributed by atoms with E-state index in [2.05, 4.69) is 22.0 Å². The maximum absolute atomic E-state index is 10.9. The molecule has 0 aliphatic carbocycles. The van der Waals surface area contributed by atoms with Crippen LogP contribution in [0.25, 0.3) is 0 Å². The average molecular weight is 188 g/mol. The first-order valence-electron chi connectivity index (χ1n) is 3.56. The Morgan fingerprint density at radius 3 is 3.00 bits per heavy atom. The minimum Gasteiger partial charge on any atom is -0.334 e. The van der Waals surface area contributed by atoms with Gasteiger partial charge in [-0.3, -0.25) is 14.8 Å². The smallest absolute Gasteiger partial charge is 0.222 e. The van der Waals surface area contributed by atoms with Crippen LogP contribution in [-0.2, 0) is 4.79 Å². The summed E-state index contributed by atoms with van der Waals surface area (Å²) >= 11 is 5.78. The monoisotopic (exact) mass is 187 g/mol. The molecule has 0 radical (unpaired) electrons.